The summed E-state index contributed by atoms with van der Waals surface area (Å²) in [5, 5.41) is 8.10. The highest BCUT2D eigenvalue weighted by Crippen LogP contribution is 2.17. The summed E-state index contributed by atoms with van der Waals surface area (Å²) >= 11 is 0. The van der Waals surface area contributed by atoms with Crippen molar-refractivity contribution in [2.45, 2.75) is 6.92 Å². The van der Waals surface area contributed by atoms with Crippen molar-refractivity contribution in [2.24, 2.45) is 0 Å². The van der Waals surface area contributed by atoms with Crippen LogP contribution in [0.1, 0.15) is 5.69 Å². The molecule has 0 saturated carbocycles. The maximum Gasteiger partial charge on any atom is 0.0671 e. The molecule has 0 fully saturated rings. The van der Waals surface area contributed by atoms with E-state index < -0.39 is 0 Å². The normalized spacial score (nSPS) is 11.0. The van der Waals surface area contributed by atoms with Gasteiger partial charge in [0.2, 0.25) is 0 Å². The third-order valence-electron chi connectivity index (χ3n) is 2.58. The zero-order valence-electron chi connectivity index (χ0n) is 8.36. The lowest BCUT2D eigenvalue weighted by Crippen LogP contribution is -1.93. The Morgan fingerprint density at radius 2 is 2.33 bits per heavy atom. The minimum Gasteiger partial charge on any atom is -0.320 e. The maximum absolute atomic E-state index is 4.00. The summed E-state index contributed by atoms with van der Waals surface area (Å²) in [6, 6.07) is 11.3. The average Bonchev–Trinajstić information content (AvgIpc) is 2.84. The first-order valence-corrected chi connectivity index (χ1v) is 4.83. The van der Waals surface area contributed by atoms with Gasteiger partial charge in [-0.3, -0.25) is 5.10 Å². The lowest BCUT2D eigenvalue weighted by molar-refractivity contribution is 1.02. The van der Waals surface area contributed by atoms with E-state index in [0.717, 1.165) is 16.6 Å². The maximum atomic E-state index is 4.00. The molecule has 2 heterocycles. The molecule has 1 aromatic carbocycles. The third kappa shape index (κ3) is 1.24. The summed E-state index contributed by atoms with van der Waals surface area (Å²) in [5.74, 6) is 0. The second-order valence-electron chi connectivity index (χ2n) is 3.59. The molecule has 0 aliphatic heterocycles. The molecule has 1 N–H and O–H groups in total. The van der Waals surface area contributed by atoms with Crippen LogP contribution < -0.4 is 0 Å². The Kier molecular flexibility index (Phi) is 1.65. The Morgan fingerprint density at radius 3 is 3.13 bits per heavy atom. The molecular formula is C12H10N3. The van der Waals surface area contributed by atoms with Gasteiger partial charge in [0, 0.05) is 29.0 Å². The Morgan fingerprint density at radius 1 is 1.40 bits per heavy atom. The lowest BCUT2D eigenvalue weighted by atomic mass is 10.2. The molecular weight excluding hydrogens is 186 g/mol. The SMILES string of the molecule is Cc1c[c]cn1-c1ccc2cn[nH]c2c1. The number of nitrogens with zero attached hydrogens (tertiary/aromatic N) is 2. The van der Waals surface area contributed by atoms with Crippen molar-refractivity contribution in [1.29, 1.82) is 0 Å². The van der Waals surface area contributed by atoms with Gasteiger partial charge in [0.1, 0.15) is 0 Å². The number of aryl methyl sites for hydroxylation is 1. The van der Waals surface area contributed by atoms with Gasteiger partial charge in [-0.05, 0) is 31.2 Å². The average molecular weight is 196 g/mol. The predicted octanol–water partition coefficient (Wildman–Crippen LogP) is 2.46. The fraction of sp³-hybridized carbons (Fsp3) is 0.0833. The zero-order chi connectivity index (χ0) is 10.3. The quantitative estimate of drug-likeness (QED) is 0.637. The number of fused-ring (bicyclic) bond motifs is 1. The molecule has 0 aliphatic carbocycles. The van der Waals surface area contributed by atoms with Crippen LogP contribution in [0.15, 0.2) is 36.7 Å². The smallest absolute Gasteiger partial charge is 0.0671 e. The first-order valence-electron chi connectivity index (χ1n) is 4.83. The van der Waals surface area contributed by atoms with E-state index in [1.54, 1.807) is 0 Å². The van der Waals surface area contributed by atoms with Crippen LogP contribution in [-0.2, 0) is 0 Å². The van der Waals surface area contributed by atoms with Crippen LogP contribution in [-0.4, -0.2) is 14.8 Å². The number of aromatic amines is 1. The summed E-state index contributed by atoms with van der Waals surface area (Å²) in [7, 11) is 0. The van der Waals surface area contributed by atoms with E-state index in [-0.39, 0.29) is 0 Å². The van der Waals surface area contributed by atoms with E-state index in [0.29, 0.717) is 0 Å². The number of nitrogens with one attached hydrogen (secondary N) is 1. The third-order valence-corrected chi connectivity index (χ3v) is 2.58. The summed E-state index contributed by atoms with van der Waals surface area (Å²) in [6.45, 7) is 2.06. The zero-order valence-corrected chi connectivity index (χ0v) is 8.36. The number of rotatable bonds is 1. The van der Waals surface area contributed by atoms with Crippen LogP contribution in [0.25, 0.3) is 16.6 Å². The van der Waals surface area contributed by atoms with E-state index in [4.69, 9.17) is 0 Å². The van der Waals surface area contributed by atoms with Crippen LogP contribution in [0, 0.1) is 13.0 Å². The van der Waals surface area contributed by atoms with Gasteiger partial charge < -0.3 is 4.57 Å². The van der Waals surface area contributed by atoms with Gasteiger partial charge in [-0.1, -0.05) is 0 Å². The Hall–Kier alpha value is -2.03. The summed E-state index contributed by atoms with van der Waals surface area (Å²) < 4.78 is 2.10. The van der Waals surface area contributed by atoms with Crippen molar-refractivity contribution in [3.63, 3.8) is 0 Å². The van der Waals surface area contributed by atoms with E-state index in [1.807, 2.05) is 18.5 Å². The largest absolute Gasteiger partial charge is 0.320 e. The van der Waals surface area contributed by atoms with Gasteiger partial charge in [0.25, 0.3) is 0 Å². The molecule has 0 unspecified atom stereocenters. The standard InChI is InChI=1S/C12H10N3/c1-9-3-2-6-15(9)11-5-4-10-8-13-14-12(10)7-11/h3-8H,1H3,(H,13,14). The minimum atomic E-state index is 1.06. The van der Waals surface area contributed by atoms with Crippen LogP contribution >= 0.6 is 0 Å². The van der Waals surface area contributed by atoms with Crippen molar-refractivity contribution in [2.75, 3.05) is 0 Å². The molecule has 0 amide bonds. The molecule has 3 heteroatoms. The van der Waals surface area contributed by atoms with E-state index in [9.17, 15) is 0 Å². The fourth-order valence-corrected chi connectivity index (χ4v) is 1.76. The Balaban J connectivity index is 2.23. The molecule has 3 nitrogen and oxygen atoms in total. The van der Waals surface area contributed by atoms with Gasteiger partial charge in [-0.25, -0.2) is 0 Å². The van der Waals surface area contributed by atoms with Gasteiger partial charge in [0.05, 0.1) is 11.7 Å². The van der Waals surface area contributed by atoms with Gasteiger partial charge in [-0.15, -0.1) is 0 Å². The highest BCUT2D eigenvalue weighted by atomic mass is 15.1. The van der Waals surface area contributed by atoms with E-state index in [2.05, 4.69) is 46.0 Å². The topological polar surface area (TPSA) is 33.6 Å². The number of hydrogen-bond acceptors (Lipinski definition) is 1. The summed E-state index contributed by atoms with van der Waals surface area (Å²) in [5.41, 5.74) is 3.36. The molecule has 1 radical (unpaired) electrons. The molecule has 0 spiro atoms. The molecule has 0 atom stereocenters. The van der Waals surface area contributed by atoms with Crippen molar-refractivity contribution in [1.82, 2.24) is 14.8 Å². The molecule has 3 rings (SSSR count). The molecule has 0 bridgehead atoms. The second kappa shape index (κ2) is 2.98. The number of H-pyrrole nitrogens is 1. The fourth-order valence-electron chi connectivity index (χ4n) is 1.76. The van der Waals surface area contributed by atoms with Crippen LogP contribution in [0.5, 0.6) is 0 Å². The number of aromatic nitrogens is 3. The highest BCUT2D eigenvalue weighted by molar-refractivity contribution is 5.80. The minimum absolute atomic E-state index is 1.06. The summed E-state index contributed by atoms with van der Waals surface area (Å²) in [4.78, 5) is 0. The second-order valence-corrected chi connectivity index (χ2v) is 3.59. The van der Waals surface area contributed by atoms with Crippen LogP contribution in [0.4, 0.5) is 0 Å². The van der Waals surface area contributed by atoms with Crippen molar-refractivity contribution in [3.8, 4) is 5.69 Å². The molecule has 15 heavy (non-hydrogen) atoms. The van der Waals surface area contributed by atoms with Crippen LogP contribution in [0.2, 0.25) is 0 Å². The lowest BCUT2D eigenvalue weighted by Gasteiger charge is -2.05. The summed E-state index contributed by atoms with van der Waals surface area (Å²) in [6.07, 6.45) is 3.76. The first-order chi connectivity index (χ1) is 7.34. The molecule has 0 aliphatic rings. The monoisotopic (exact) mass is 196 g/mol. The van der Waals surface area contributed by atoms with E-state index in [1.165, 1.54) is 5.69 Å². The van der Waals surface area contributed by atoms with Gasteiger partial charge in [-0.2, -0.15) is 5.10 Å². The first kappa shape index (κ1) is 8.29. The molecule has 3 aromatic rings. The highest BCUT2D eigenvalue weighted by Gasteiger charge is 2.01. The molecule has 73 valence electrons. The van der Waals surface area contributed by atoms with Crippen LogP contribution in [0.3, 0.4) is 0 Å². The predicted molar refractivity (Wildman–Crippen MR) is 59.0 cm³/mol. The van der Waals surface area contributed by atoms with Gasteiger partial charge in [0.15, 0.2) is 0 Å². The van der Waals surface area contributed by atoms with E-state index >= 15 is 0 Å². The van der Waals surface area contributed by atoms with Crippen molar-refractivity contribution < 1.29 is 0 Å². The Bertz CT molecular complexity index is 604. The van der Waals surface area contributed by atoms with Gasteiger partial charge >= 0.3 is 0 Å². The molecule has 0 saturated heterocycles. The number of hydrogen-bond donors (Lipinski definition) is 1. The Labute approximate surface area is 87.4 Å². The number of benzene rings is 1. The van der Waals surface area contributed by atoms with Crippen molar-refractivity contribution >= 4 is 10.9 Å². The molecule has 2 aromatic heterocycles. The van der Waals surface area contributed by atoms with Crippen molar-refractivity contribution in [3.05, 3.63) is 48.4 Å².